The number of carbonyl (C=O) groups is 4. The number of hydrogen-bond acceptors (Lipinski definition) is 7. The van der Waals surface area contributed by atoms with Crippen molar-refractivity contribution in [2.24, 2.45) is 39.2 Å². The molecule has 0 aromatic rings. The summed E-state index contributed by atoms with van der Waals surface area (Å²) >= 11 is 0. The van der Waals surface area contributed by atoms with E-state index in [2.05, 4.69) is 29.2 Å². The molecule has 2 aliphatic heterocycles. The van der Waals surface area contributed by atoms with E-state index < -0.39 is 51.1 Å². The normalized spacial score (nSPS) is 33.5. The second-order valence-electron chi connectivity index (χ2n) is 17.9. The highest BCUT2D eigenvalue weighted by Crippen LogP contribution is 2.88. The van der Waals surface area contributed by atoms with E-state index in [1.54, 1.807) is 4.90 Å². The molecule has 2 heterocycles. The Bertz CT molecular complexity index is 1460. The number of carbonyl (C=O) groups excluding carboxylic acids is 4. The Hall–Kier alpha value is -2.25. The molecule has 276 valence electrons. The van der Waals surface area contributed by atoms with Crippen molar-refractivity contribution in [1.29, 1.82) is 0 Å². The van der Waals surface area contributed by atoms with Gasteiger partial charge in [-0.3, -0.25) is 19.2 Å². The van der Waals surface area contributed by atoms with Crippen LogP contribution >= 0.6 is 0 Å². The summed E-state index contributed by atoms with van der Waals surface area (Å²) in [6.45, 7) is 13.2. The van der Waals surface area contributed by atoms with Crippen molar-refractivity contribution in [3.05, 3.63) is 0 Å². The first-order valence-corrected chi connectivity index (χ1v) is 20.3. The smallest absolute Gasteiger partial charge is 0.303 e. The third-order valence-electron chi connectivity index (χ3n) is 14.2. The van der Waals surface area contributed by atoms with Crippen molar-refractivity contribution in [1.82, 2.24) is 24.6 Å². The molecule has 6 aliphatic rings. The summed E-state index contributed by atoms with van der Waals surface area (Å²) in [6.07, 6.45) is 11.1. The molecule has 2 spiro atoms. The molecule has 0 unspecified atom stereocenters. The standard InChI is InChI=1S/C36H60N6O6S/c1-7-24-20-36(24,31(46)40-49(47,48)41-18-11-12-19-41)39-28(43)25-21-35(33(5,6)34(35)16-13-17-34)22-42(25)30(45)27(32(2,3)4)38-29(44)26(37)23-14-9-8-10-15-23/h23-27H,7-22,37H2,1-6H3,(H,38,44)(H,39,43)(H,40,46)/t24-,25+,26+,27-,35-,36-/m1/s1. The highest BCUT2D eigenvalue weighted by atomic mass is 32.2. The zero-order valence-corrected chi connectivity index (χ0v) is 31.3. The SMILES string of the molecule is CC[C@@H]1C[C@]1(NC(=O)[C@@H]1C[C@@]2(CN1C(=O)[C@@H](NC(=O)[C@@H](N)C1CCCCC1)C(C)(C)C)C(C)(C)C21CCC1)C(=O)NS(=O)(=O)N1CCCC1. The van der Waals surface area contributed by atoms with Gasteiger partial charge in [0.1, 0.15) is 17.6 Å². The number of likely N-dealkylation sites (tertiary alicyclic amines) is 1. The summed E-state index contributed by atoms with van der Waals surface area (Å²) in [5.41, 5.74) is 4.16. The van der Waals surface area contributed by atoms with E-state index in [0.29, 0.717) is 38.9 Å². The predicted octanol–water partition coefficient (Wildman–Crippen LogP) is 2.96. The number of amides is 4. The number of rotatable bonds is 10. The van der Waals surface area contributed by atoms with Gasteiger partial charge in [0.25, 0.3) is 5.91 Å². The van der Waals surface area contributed by atoms with Crippen LogP contribution in [0.2, 0.25) is 0 Å². The Labute approximate surface area is 293 Å². The molecule has 5 N–H and O–H groups in total. The summed E-state index contributed by atoms with van der Waals surface area (Å²) in [5.74, 6) is -1.96. The molecule has 12 nitrogen and oxygen atoms in total. The Morgan fingerprint density at radius 2 is 1.55 bits per heavy atom. The molecule has 6 fully saturated rings. The third-order valence-corrected chi connectivity index (χ3v) is 15.7. The molecular weight excluding hydrogens is 644 g/mol. The van der Waals surface area contributed by atoms with E-state index in [1.165, 1.54) is 4.31 Å². The van der Waals surface area contributed by atoms with Gasteiger partial charge in [-0.15, -0.1) is 0 Å². The minimum Gasteiger partial charge on any atom is -0.342 e. The Kier molecular flexibility index (Phi) is 9.29. The maximum Gasteiger partial charge on any atom is 0.303 e. The summed E-state index contributed by atoms with van der Waals surface area (Å²) < 4.78 is 29.7. The van der Waals surface area contributed by atoms with Gasteiger partial charge in [-0.25, -0.2) is 4.72 Å². The van der Waals surface area contributed by atoms with Gasteiger partial charge >= 0.3 is 10.2 Å². The highest BCUT2D eigenvalue weighted by molar-refractivity contribution is 7.87. The fraction of sp³-hybridized carbons (Fsp3) is 0.889. The first kappa shape index (κ1) is 36.5. The van der Waals surface area contributed by atoms with Gasteiger partial charge < -0.3 is 21.3 Å². The van der Waals surface area contributed by atoms with Gasteiger partial charge in [-0.2, -0.15) is 12.7 Å². The Balaban J connectivity index is 1.26. The number of nitrogens with zero attached hydrogens (tertiary/aromatic N) is 2. The average Bonchev–Trinajstić information content (AvgIpc) is 3.49. The van der Waals surface area contributed by atoms with Crippen LogP contribution in [0.5, 0.6) is 0 Å². The molecule has 6 atom stereocenters. The third kappa shape index (κ3) is 5.81. The lowest BCUT2D eigenvalue weighted by Crippen LogP contribution is -2.62. The summed E-state index contributed by atoms with van der Waals surface area (Å²) in [7, 11) is -4.04. The van der Waals surface area contributed by atoms with E-state index in [-0.39, 0.29) is 39.9 Å². The maximum absolute atomic E-state index is 14.8. The van der Waals surface area contributed by atoms with Crippen LogP contribution in [0.25, 0.3) is 0 Å². The van der Waals surface area contributed by atoms with Crippen LogP contribution in [-0.2, 0) is 29.4 Å². The lowest BCUT2D eigenvalue weighted by Gasteiger charge is -2.37. The molecule has 0 aromatic carbocycles. The number of hydrogen-bond donors (Lipinski definition) is 4. The average molecular weight is 705 g/mol. The second-order valence-corrected chi connectivity index (χ2v) is 19.5. The van der Waals surface area contributed by atoms with Crippen molar-refractivity contribution >= 4 is 33.8 Å². The van der Waals surface area contributed by atoms with Gasteiger partial charge in [0, 0.05) is 25.0 Å². The monoisotopic (exact) mass is 704 g/mol. The zero-order valence-electron chi connectivity index (χ0n) is 30.5. The van der Waals surface area contributed by atoms with Crippen molar-refractivity contribution < 1.29 is 27.6 Å². The molecule has 0 radical (unpaired) electrons. The van der Waals surface area contributed by atoms with Crippen molar-refractivity contribution in [3.8, 4) is 0 Å². The van der Waals surface area contributed by atoms with Crippen LogP contribution < -0.4 is 21.1 Å². The molecule has 13 heteroatoms. The second kappa shape index (κ2) is 12.5. The van der Waals surface area contributed by atoms with Crippen LogP contribution in [0.4, 0.5) is 0 Å². The number of fused-ring (bicyclic) bond motifs is 1. The summed E-state index contributed by atoms with van der Waals surface area (Å²) in [5, 5.41) is 6.04. The molecule has 0 bridgehead atoms. The topological polar surface area (TPSA) is 171 Å². The number of nitrogens with two attached hydrogens (primary N) is 1. The minimum atomic E-state index is -4.04. The highest BCUT2D eigenvalue weighted by Gasteiger charge is 2.85. The van der Waals surface area contributed by atoms with Crippen molar-refractivity contribution in [2.45, 2.75) is 149 Å². The van der Waals surface area contributed by atoms with Crippen molar-refractivity contribution in [2.75, 3.05) is 19.6 Å². The largest absolute Gasteiger partial charge is 0.342 e. The molecule has 6 rings (SSSR count). The Morgan fingerprint density at radius 1 is 0.918 bits per heavy atom. The summed E-state index contributed by atoms with van der Waals surface area (Å²) in [4.78, 5) is 58.3. The molecule has 2 saturated heterocycles. The lowest BCUT2D eigenvalue weighted by molar-refractivity contribution is -0.145. The molecular formula is C36H60N6O6S. The van der Waals surface area contributed by atoms with E-state index in [9.17, 15) is 27.6 Å². The van der Waals surface area contributed by atoms with Crippen LogP contribution in [0.15, 0.2) is 0 Å². The lowest BCUT2D eigenvalue weighted by atomic mass is 9.73. The van der Waals surface area contributed by atoms with E-state index in [4.69, 9.17) is 5.73 Å². The van der Waals surface area contributed by atoms with E-state index in [1.807, 2.05) is 27.7 Å². The van der Waals surface area contributed by atoms with Crippen LogP contribution in [0, 0.1) is 33.5 Å². The zero-order chi connectivity index (χ0) is 35.8. The predicted molar refractivity (Wildman–Crippen MR) is 186 cm³/mol. The Morgan fingerprint density at radius 3 is 2.06 bits per heavy atom. The summed E-state index contributed by atoms with van der Waals surface area (Å²) in [6, 6.07) is -2.48. The molecule has 4 amide bonds. The van der Waals surface area contributed by atoms with Crippen LogP contribution in [0.1, 0.15) is 125 Å². The first-order valence-electron chi connectivity index (χ1n) is 18.9. The van der Waals surface area contributed by atoms with Crippen LogP contribution in [0.3, 0.4) is 0 Å². The van der Waals surface area contributed by atoms with E-state index >= 15 is 0 Å². The molecule has 4 aliphatic carbocycles. The fourth-order valence-electron chi connectivity index (χ4n) is 10.6. The van der Waals surface area contributed by atoms with Crippen molar-refractivity contribution in [3.63, 3.8) is 0 Å². The van der Waals surface area contributed by atoms with Crippen LogP contribution in [-0.4, -0.2) is 84.6 Å². The number of nitrogens with one attached hydrogen (secondary N) is 3. The van der Waals surface area contributed by atoms with Gasteiger partial charge in [0.15, 0.2) is 0 Å². The maximum atomic E-state index is 14.8. The molecule has 4 saturated carbocycles. The fourth-order valence-corrected chi connectivity index (χ4v) is 11.9. The van der Waals surface area contributed by atoms with Gasteiger partial charge in [-0.1, -0.05) is 73.6 Å². The molecule has 0 aromatic heterocycles. The molecule has 49 heavy (non-hydrogen) atoms. The first-order chi connectivity index (χ1) is 22.9. The van der Waals surface area contributed by atoms with Gasteiger partial charge in [0.2, 0.25) is 17.7 Å². The quantitative estimate of drug-likeness (QED) is 0.271. The van der Waals surface area contributed by atoms with Gasteiger partial charge in [-0.05, 0) is 79.4 Å². The minimum absolute atomic E-state index is 0.0434. The van der Waals surface area contributed by atoms with E-state index in [0.717, 1.165) is 64.2 Å². The van der Waals surface area contributed by atoms with Gasteiger partial charge in [0.05, 0.1) is 6.04 Å².